The van der Waals surface area contributed by atoms with Crippen LogP contribution in [0.2, 0.25) is 0 Å². The third kappa shape index (κ3) is 11.2. The Labute approximate surface area is 319 Å². The van der Waals surface area contributed by atoms with Crippen molar-refractivity contribution >= 4 is 5.97 Å². The van der Waals surface area contributed by atoms with Crippen molar-refractivity contribution in [1.82, 2.24) is 0 Å². The zero-order chi connectivity index (χ0) is 37.6. The standard InChI is InChI=1S/C43H56O11/c1-43-40(51-27-33-18-11-6-12-19-33)23-36(52-34-20-13-21-49-38(34)28-48-30-45-2)37(24-42(44)46-3)53-41(43)22-35(50-26-32-16-9-5-10-17-32)39(54-43)29-47-25-31-14-7-4-8-15-31/h4-12,14-19,34-41H,13,20-30H2,1-3H3/t34-,35-,36+,37-,38+,39+,40+,41+,43-/m0/s1. The summed E-state index contributed by atoms with van der Waals surface area (Å²) in [4.78, 5) is 13.0. The van der Waals surface area contributed by atoms with E-state index in [4.69, 9.17) is 47.4 Å². The molecule has 0 bridgehead atoms. The fourth-order valence-electron chi connectivity index (χ4n) is 7.58. The van der Waals surface area contributed by atoms with Crippen LogP contribution in [0.4, 0.5) is 0 Å². The Morgan fingerprint density at radius 3 is 2.00 bits per heavy atom. The van der Waals surface area contributed by atoms with Crippen LogP contribution in [0.5, 0.6) is 0 Å². The maximum Gasteiger partial charge on any atom is 0.308 e. The van der Waals surface area contributed by atoms with Gasteiger partial charge in [-0.3, -0.25) is 4.79 Å². The largest absolute Gasteiger partial charge is 0.469 e. The summed E-state index contributed by atoms with van der Waals surface area (Å²) >= 11 is 0. The Morgan fingerprint density at radius 2 is 1.35 bits per heavy atom. The first-order chi connectivity index (χ1) is 26.4. The molecule has 3 aliphatic heterocycles. The van der Waals surface area contributed by atoms with Crippen LogP contribution in [0.1, 0.15) is 55.7 Å². The third-order valence-electron chi connectivity index (χ3n) is 10.5. The molecule has 0 saturated carbocycles. The Morgan fingerprint density at radius 1 is 0.722 bits per heavy atom. The molecule has 3 heterocycles. The van der Waals surface area contributed by atoms with E-state index in [-0.39, 0.29) is 37.5 Å². The van der Waals surface area contributed by atoms with E-state index in [0.29, 0.717) is 52.5 Å². The molecular weight excluding hydrogens is 692 g/mol. The van der Waals surface area contributed by atoms with E-state index in [1.807, 2.05) is 97.9 Å². The van der Waals surface area contributed by atoms with Crippen LogP contribution in [0.25, 0.3) is 0 Å². The van der Waals surface area contributed by atoms with Gasteiger partial charge in [-0.15, -0.1) is 0 Å². The van der Waals surface area contributed by atoms with E-state index in [1.54, 1.807) is 7.11 Å². The summed E-state index contributed by atoms with van der Waals surface area (Å²) in [5, 5.41) is 0. The number of hydrogen-bond donors (Lipinski definition) is 0. The van der Waals surface area contributed by atoms with Crippen LogP contribution in [0.15, 0.2) is 91.0 Å². The Kier molecular flexibility index (Phi) is 15.4. The van der Waals surface area contributed by atoms with E-state index < -0.39 is 36.1 Å². The van der Waals surface area contributed by atoms with Gasteiger partial charge in [0.15, 0.2) is 0 Å². The van der Waals surface area contributed by atoms with E-state index >= 15 is 0 Å². The third-order valence-corrected chi connectivity index (χ3v) is 10.5. The molecule has 11 nitrogen and oxygen atoms in total. The number of ether oxygens (including phenoxy) is 10. The SMILES string of the molecule is COCOC[C@H]1OCCC[C@@H]1O[C@@H]1C[C@@H](OCc2ccccc2)[C@]2(C)O[C@H](COCc3ccccc3)[C@@H](OCc3ccccc3)C[C@H]2O[C@H]1CC(=O)OC. The van der Waals surface area contributed by atoms with E-state index in [0.717, 1.165) is 29.5 Å². The second-order valence-electron chi connectivity index (χ2n) is 14.4. The zero-order valence-corrected chi connectivity index (χ0v) is 31.8. The minimum Gasteiger partial charge on any atom is -0.469 e. The lowest BCUT2D eigenvalue weighted by Gasteiger charge is -2.50. The van der Waals surface area contributed by atoms with Crippen molar-refractivity contribution in [3.05, 3.63) is 108 Å². The first-order valence-corrected chi connectivity index (χ1v) is 19.1. The maximum atomic E-state index is 13.0. The first-order valence-electron chi connectivity index (χ1n) is 19.1. The lowest BCUT2D eigenvalue weighted by molar-refractivity contribution is -0.284. The molecule has 3 aliphatic rings. The van der Waals surface area contributed by atoms with Gasteiger partial charge in [0.1, 0.15) is 24.6 Å². The number of fused-ring (bicyclic) bond motifs is 1. The Bertz CT molecular complexity index is 1510. The molecule has 11 heteroatoms. The minimum atomic E-state index is -0.960. The normalized spacial score (nSPS) is 29.9. The molecule has 0 aliphatic carbocycles. The topological polar surface area (TPSA) is 109 Å². The van der Waals surface area contributed by atoms with Gasteiger partial charge in [-0.1, -0.05) is 91.0 Å². The number of rotatable bonds is 18. The van der Waals surface area contributed by atoms with Gasteiger partial charge >= 0.3 is 5.97 Å². The highest BCUT2D eigenvalue weighted by Gasteiger charge is 2.56. The highest BCUT2D eigenvalue weighted by Crippen LogP contribution is 2.43. The molecule has 0 aromatic heterocycles. The van der Waals surface area contributed by atoms with E-state index in [2.05, 4.69) is 0 Å². The molecule has 6 rings (SSSR count). The number of esters is 1. The second-order valence-corrected chi connectivity index (χ2v) is 14.4. The molecule has 3 fully saturated rings. The van der Waals surface area contributed by atoms with E-state index in [1.165, 1.54) is 7.11 Å². The number of hydrogen-bond acceptors (Lipinski definition) is 11. The Hall–Kier alpha value is -3.23. The molecule has 0 spiro atoms. The summed E-state index contributed by atoms with van der Waals surface area (Å²) < 4.78 is 63.1. The van der Waals surface area contributed by atoms with Gasteiger partial charge in [-0.25, -0.2) is 0 Å². The van der Waals surface area contributed by atoms with Crippen LogP contribution in [0.3, 0.4) is 0 Å². The van der Waals surface area contributed by atoms with Gasteiger partial charge < -0.3 is 47.4 Å². The predicted octanol–water partition coefficient (Wildman–Crippen LogP) is 6.20. The van der Waals surface area contributed by atoms with Gasteiger partial charge in [0, 0.05) is 26.6 Å². The zero-order valence-electron chi connectivity index (χ0n) is 31.8. The van der Waals surface area contributed by atoms with Crippen molar-refractivity contribution in [3.8, 4) is 0 Å². The molecular formula is C43H56O11. The summed E-state index contributed by atoms with van der Waals surface area (Å²) in [7, 11) is 2.98. The van der Waals surface area contributed by atoms with E-state index in [9.17, 15) is 4.79 Å². The van der Waals surface area contributed by atoms with Crippen molar-refractivity contribution < 1.29 is 52.2 Å². The fraction of sp³-hybridized carbons (Fsp3) is 0.558. The van der Waals surface area contributed by atoms with Crippen LogP contribution in [-0.4, -0.2) is 101 Å². The molecule has 0 unspecified atom stereocenters. The van der Waals surface area contributed by atoms with Gasteiger partial charge in [0.2, 0.25) is 0 Å². The van der Waals surface area contributed by atoms with Crippen molar-refractivity contribution in [1.29, 1.82) is 0 Å². The number of carbonyl (C=O) groups excluding carboxylic acids is 1. The average Bonchev–Trinajstić information content (AvgIpc) is 3.31. The van der Waals surface area contributed by atoms with Crippen LogP contribution < -0.4 is 0 Å². The van der Waals surface area contributed by atoms with Crippen molar-refractivity contribution in [2.24, 2.45) is 0 Å². The summed E-state index contributed by atoms with van der Waals surface area (Å²) in [6.07, 6.45) is -1.14. The molecule has 0 amide bonds. The smallest absolute Gasteiger partial charge is 0.308 e. The first kappa shape index (κ1) is 40.4. The molecule has 3 saturated heterocycles. The lowest BCUT2D eigenvalue weighted by Crippen LogP contribution is -2.62. The minimum absolute atomic E-state index is 0.00325. The van der Waals surface area contributed by atoms with Gasteiger partial charge in [-0.2, -0.15) is 0 Å². The van der Waals surface area contributed by atoms with Gasteiger partial charge in [0.25, 0.3) is 0 Å². The summed E-state index contributed by atoms with van der Waals surface area (Å²) in [5.41, 5.74) is 2.20. The molecule has 0 radical (unpaired) electrons. The van der Waals surface area contributed by atoms with Crippen LogP contribution >= 0.6 is 0 Å². The summed E-state index contributed by atoms with van der Waals surface area (Å²) in [6, 6.07) is 30.2. The second kappa shape index (κ2) is 20.6. The molecule has 3 aromatic carbocycles. The van der Waals surface area contributed by atoms with Crippen LogP contribution in [0, 0.1) is 0 Å². The number of benzene rings is 3. The highest BCUT2D eigenvalue weighted by atomic mass is 16.7. The fourth-order valence-corrected chi connectivity index (χ4v) is 7.58. The van der Waals surface area contributed by atoms with Crippen molar-refractivity contribution in [2.45, 2.75) is 113 Å². The maximum absolute atomic E-state index is 13.0. The summed E-state index contributed by atoms with van der Waals surface area (Å²) in [5.74, 6) is -0.389. The van der Waals surface area contributed by atoms with Crippen LogP contribution in [-0.2, 0) is 72.0 Å². The molecule has 0 N–H and O–H groups in total. The Balaban J connectivity index is 1.30. The molecule has 294 valence electrons. The average molecular weight is 749 g/mol. The van der Waals surface area contributed by atoms with Gasteiger partial charge in [-0.05, 0) is 36.5 Å². The molecule has 3 aromatic rings. The summed E-state index contributed by atoms with van der Waals surface area (Å²) in [6.45, 7) is 4.62. The number of carbonyl (C=O) groups is 1. The molecule has 9 atom stereocenters. The van der Waals surface area contributed by atoms with Crippen molar-refractivity contribution in [3.63, 3.8) is 0 Å². The predicted molar refractivity (Wildman–Crippen MR) is 199 cm³/mol. The highest BCUT2D eigenvalue weighted by molar-refractivity contribution is 5.69. The van der Waals surface area contributed by atoms with Crippen molar-refractivity contribution in [2.75, 3.05) is 40.8 Å². The number of methoxy groups -OCH3 is 2. The lowest BCUT2D eigenvalue weighted by atomic mass is 9.82. The van der Waals surface area contributed by atoms with Gasteiger partial charge in [0.05, 0.1) is 83.2 Å². The molecule has 54 heavy (non-hydrogen) atoms. The monoisotopic (exact) mass is 748 g/mol. The quantitative estimate of drug-likeness (QED) is 0.0844.